The molecule has 0 saturated heterocycles. The van der Waals surface area contributed by atoms with Gasteiger partial charge in [-0.25, -0.2) is 0 Å². The maximum atomic E-state index is 12.5. The Morgan fingerprint density at radius 3 is 2.50 bits per heavy atom. The highest BCUT2D eigenvalue weighted by Crippen LogP contribution is 2.28. The normalized spacial score (nSPS) is 10.2. The third kappa shape index (κ3) is 2.70. The van der Waals surface area contributed by atoms with Gasteiger partial charge in [-0.1, -0.05) is 11.6 Å². The topological polar surface area (TPSA) is 61.5 Å². The van der Waals surface area contributed by atoms with Crippen LogP contribution in [-0.2, 0) is 0 Å². The average molecular weight is 292 g/mol. The second-order valence-electron chi connectivity index (χ2n) is 4.13. The van der Waals surface area contributed by atoms with Crippen molar-refractivity contribution in [3.63, 3.8) is 0 Å². The Labute approximate surface area is 122 Å². The van der Waals surface area contributed by atoms with E-state index in [1.54, 1.807) is 36.4 Å². The Bertz CT molecular complexity index is 656. The van der Waals surface area contributed by atoms with Gasteiger partial charge in [0.25, 0.3) is 0 Å². The van der Waals surface area contributed by atoms with E-state index in [9.17, 15) is 4.79 Å². The van der Waals surface area contributed by atoms with Crippen LogP contribution in [0, 0.1) is 0 Å². The zero-order valence-corrected chi connectivity index (χ0v) is 11.9. The molecule has 2 aromatic carbocycles. The minimum atomic E-state index is -0.212. The lowest BCUT2D eigenvalue weighted by atomic mass is 10.0. The van der Waals surface area contributed by atoms with Crippen LogP contribution in [0.15, 0.2) is 36.4 Å². The first-order valence-electron chi connectivity index (χ1n) is 5.88. The number of benzene rings is 2. The summed E-state index contributed by atoms with van der Waals surface area (Å²) >= 11 is 5.94. The summed E-state index contributed by atoms with van der Waals surface area (Å²) in [6.07, 6.45) is 0. The van der Waals surface area contributed by atoms with Gasteiger partial charge in [-0.2, -0.15) is 0 Å². The molecule has 5 heteroatoms. The van der Waals surface area contributed by atoms with Gasteiger partial charge < -0.3 is 15.2 Å². The molecule has 2 rings (SSSR count). The molecule has 0 amide bonds. The van der Waals surface area contributed by atoms with Gasteiger partial charge in [0.1, 0.15) is 11.5 Å². The van der Waals surface area contributed by atoms with Crippen LogP contribution >= 0.6 is 11.6 Å². The number of carbonyl (C=O) groups is 1. The highest BCUT2D eigenvalue weighted by molar-refractivity contribution is 6.32. The van der Waals surface area contributed by atoms with E-state index in [2.05, 4.69) is 0 Å². The number of ketones is 1. The second kappa shape index (κ2) is 5.84. The van der Waals surface area contributed by atoms with Crippen molar-refractivity contribution in [3.05, 3.63) is 52.5 Å². The molecule has 0 aliphatic carbocycles. The quantitative estimate of drug-likeness (QED) is 0.694. The van der Waals surface area contributed by atoms with Gasteiger partial charge in [0, 0.05) is 16.8 Å². The first-order valence-corrected chi connectivity index (χ1v) is 6.26. The molecule has 0 atom stereocenters. The van der Waals surface area contributed by atoms with E-state index in [1.165, 1.54) is 14.2 Å². The largest absolute Gasteiger partial charge is 0.497 e. The number of nitrogen functional groups attached to an aromatic ring is 1. The molecular formula is C15H14ClNO3. The average Bonchev–Trinajstić information content (AvgIpc) is 2.47. The third-order valence-corrected chi connectivity index (χ3v) is 3.23. The van der Waals surface area contributed by atoms with Crippen molar-refractivity contribution in [2.75, 3.05) is 20.0 Å². The van der Waals surface area contributed by atoms with Crippen molar-refractivity contribution < 1.29 is 14.3 Å². The lowest BCUT2D eigenvalue weighted by Crippen LogP contribution is -2.06. The van der Waals surface area contributed by atoms with Gasteiger partial charge in [-0.05, 0) is 36.4 Å². The van der Waals surface area contributed by atoms with Crippen LogP contribution in [0.4, 0.5) is 5.69 Å². The number of methoxy groups -OCH3 is 2. The second-order valence-corrected chi connectivity index (χ2v) is 4.54. The van der Waals surface area contributed by atoms with Crippen molar-refractivity contribution in [3.8, 4) is 11.5 Å². The third-order valence-electron chi connectivity index (χ3n) is 2.92. The number of rotatable bonds is 4. The molecule has 20 heavy (non-hydrogen) atoms. The van der Waals surface area contributed by atoms with Crippen molar-refractivity contribution in [1.82, 2.24) is 0 Å². The van der Waals surface area contributed by atoms with E-state index in [-0.39, 0.29) is 5.78 Å². The first kappa shape index (κ1) is 14.2. The summed E-state index contributed by atoms with van der Waals surface area (Å²) in [4.78, 5) is 12.5. The SMILES string of the molecule is COc1ccc(N)c(C(=O)c2ccc(Cl)c(OC)c2)c1. The molecule has 0 radical (unpaired) electrons. The van der Waals surface area contributed by atoms with E-state index in [0.717, 1.165) is 0 Å². The van der Waals surface area contributed by atoms with Crippen molar-refractivity contribution in [1.29, 1.82) is 0 Å². The van der Waals surface area contributed by atoms with Crippen LogP contribution in [0.1, 0.15) is 15.9 Å². The molecular weight excluding hydrogens is 278 g/mol. The summed E-state index contributed by atoms with van der Waals surface area (Å²) in [5.41, 5.74) is 7.08. The zero-order valence-electron chi connectivity index (χ0n) is 11.1. The van der Waals surface area contributed by atoms with Gasteiger partial charge in [0.15, 0.2) is 5.78 Å². The van der Waals surface area contributed by atoms with Crippen molar-refractivity contribution in [2.45, 2.75) is 0 Å². The molecule has 0 heterocycles. The van der Waals surface area contributed by atoms with E-state index in [4.69, 9.17) is 26.8 Å². The van der Waals surface area contributed by atoms with Crippen LogP contribution in [0.3, 0.4) is 0 Å². The maximum Gasteiger partial charge on any atom is 0.195 e. The lowest BCUT2D eigenvalue weighted by Gasteiger charge is -2.09. The van der Waals surface area contributed by atoms with Crippen LogP contribution in [0.5, 0.6) is 11.5 Å². The molecule has 2 N–H and O–H groups in total. The fourth-order valence-electron chi connectivity index (χ4n) is 1.82. The number of halogens is 1. The summed E-state index contributed by atoms with van der Waals surface area (Å²) in [5.74, 6) is 0.804. The van der Waals surface area contributed by atoms with Crippen LogP contribution < -0.4 is 15.2 Å². The maximum absolute atomic E-state index is 12.5. The molecule has 0 unspecified atom stereocenters. The van der Waals surface area contributed by atoms with Crippen LogP contribution in [0.25, 0.3) is 0 Å². The van der Waals surface area contributed by atoms with Gasteiger partial charge in [0.2, 0.25) is 0 Å². The predicted octanol–water partition coefficient (Wildman–Crippen LogP) is 3.17. The zero-order chi connectivity index (χ0) is 14.7. The van der Waals surface area contributed by atoms with Gasteiger partial charge >= 0.3 is 0 Å². The number of hydrogen-bond donors (Lipinski definition) is 1. The fraction of sp³-hybridized carbons (Fsp3) is 0.133. The Morgan fingerprint density at radius 2 is 1.85 bits per heavy atom. The number of hydrogen-bond acceptors (Lipinski definition) is 4. The number of ether oxygens (including phenoxy) is 2. The summed E-state index contributed by atoms with van der Waals surface area (Å²) in [6.45, 7) is 0. The highest BCUT2D eigenvalue weighted by atomic mass is 35.5. The van der Waals surface area contributed by atoms with E-state index in [1.807, 2.05) is 0 Å². The monoisotopic (exact) mass is 291 g/mol. The Balaban J connectivity index is 2.45. The van der Waals surface area contributed by atoms with Crippen LogP contribution in [0.2, 0.25) is 5.02 Å². The van der Waals surface area contributed by atoms with Crippen LogP contribution in [-0.4, -0.2) is 20.0 Å². The molecule has 104 valence electrons. The predicted molar refractivity (Wildman–Crippen MR) is 78.8 cm³/mol. The minimum Gasteiger partial charge on any atom is -0.497 e. The van der Waals surface area contributed by atoms with Crippen molar-refractivity contribution >= 4 is 23.1 Å². The Morgan fingerprint density at radius 1 is 1.10 bits per heavy atom. The smallest absolute Gasteiger partial charge is 0.195 e. The molecule has 0 bridgehead atoms. The van der Waals surface area contributed by atoms with E-state index < -0.39 is 0 Å². The molecule has 4 nitrogen and oxygen atoms in total. The fourth-order valence-corrected chi connectivity index (χ4v) is 2.01. The molecule has 0 spiro atoms. The van der Waals surface area contributed by atoms with E-state index >= 15 is 0 Å². The molecule has 0 fully saturated rings. The molecule has 0 saturated carbocycles. The molecule has 0 aliphatic heterocycles. The Kier molecular flexibility index (Phi) is 4.15. The highest BCUT2D eigenvalue weighted by Gasteiger charge is 2.15. The van der Waals surface area contributed by atoms with Gasteiger partial charge in [0.05, 0.1) is 19.2 Å². The summed E-state index contributed by atoms with van der Waals surface area (Å²) < 4.78 is 10.2. The molecule has 0 aliphatic rings. The minimum absolute atomic E-state index is 0.212. The number of carbonyl (C=O) groups excluding carboxylic acids is 1. The number of anilines is 1. The number of nitrogens with two attached hydrogens (primary N) is 1. The molecule has 0 aromatic heterocycles. The van der Waals surface area contributed by atoms with Gasteiger partial charge in [-0.15, -0.1) is 0 Å². The summed E-state index contributed by atoms with van der Waals surface area (Å²) in [5, 5.41) is 0.447. The summed E-state index contributed by atoms with van der Waals surface area (Å²) in [7, 11) is 3.03. The van der Waals surface area contributed by atoms with Gasteiger partial charge in [-0.3, -0.25) is 4.79 Å². The molecule has 2 aromatic rings. The van der Waals surface area contributed by atoms with E-state index in [0.29, 0.717) is 33.3 Å². The Hall–Kier alpha value is -2.20. The lowest BCUT2D eigenvalue weighted by molar-refractivity contribution is 0.103. The standard InChI is InChI=1S/C15H14ClNO3/c1-19-10-4-6-13(17)11(8-10)15(18)9-3-5-12(16)14(7-9)20-2/h3-8H,17H2,1-2H3. The summed E-state index contributed by atoms with van der Waals surface area (Å²) in [6, 6.07) is 9.78. The first-order chi connectivity index (χ1) is 9.56. The van der Waals surface area contributed by atoms with Crippen molar-refractivity contribution in [2.24, 2.45) is 0 Å².